The number of carbonyl (C=O) groups is 1. The van der Waals surface area contributed by atoms with E-state index in [1.165, 1.54) is 35.7 Å². The van der Waals surface area contributed by atoms with Crippen LogP contribution in [0, 0.1) is 5.92 Å². The van der Waals surface area contributed by atoms with E-state index < -0.39 is 0 Å². The molecule has 6 heteroatoms. The number of carbonyl (C=O) groups excluding carboxylic acids is 1. The second-order valence-electron chi connectivity index (χ2n) is 6.41. The van der Waals surface area contributed by atoms with E-state index >= 15 is 0 Å². The number of nitrogens with zero attached hydrogens (tertiary/aromatic N) is 2. The minimum absolute atomic E-state index is 0.0583. The molecule has 1 heterocycles. The van der Waals surface area contributed by atoms with Crippen molar-refractivity contribution >= 4 is 17.7 Å². The van der Waals surface area contributed by atoms with Crippen LogP contribution in [0.4, 0.5) is 0 Å². The van der Waals surface area contributed by atoms with Gasteiger partial charge in [0.1, 0.15) is 0 Å². The number of aromatic nitrogens is 2. The molecule has 2 unspecified atom stereocenters. The third-order valence-corrected chi connectivity index (χ3v) is 5.52. The summed E-state index contributed by atoms with van der Waals surface area (Å²) in [6.07, 6.45) is 6.55. The second-order valence-corrected chi connectivity index (χ2v) is 7.35. The topological polar surface area (TPSA) is 72.9 Å². The summed E-state index contributed by atoms with van der Waals surface area (Å²) in [5.41, 5.74) is 1.84. The summed E-state index contributed by atoms with van der Waals surface area (Å²) < 4.78 is 1.49. The molecule has 0 aliphatic heterocycles. The monoisotopic (exact) mass is 344 g/mol. The van der Waals surface area contributed by atoms with Crippen LogP contribution in [0.3, 0.4) is 0 Å². The van der Waals surface area contributed by atoms with E-state index in [1.807, 2.05) is 30.3 Å². The molecule has 1 aliphatic carbocycles. The molecule has 128 valence electrons. The van der Waals surface area contributed by atoms with E-state index in [9.17, 15) is 4.79 Å². The molecule has 1 amide bonds. The van der Waals surface area contributed by atoms with Gasteiger partial charge in [-0.15, -0.1) is 0 Å². The van der Waals surface area contributed by atoms with Crippen molar-refractivity contribution < 1.29 is 4.79 Å². The van der Waals surface area contributed by atoms with Crippen LogP contribution in [0.25, 0.3) is 11.3 Å². The molecular formula is C18H24N4OS. The third kappa shape index (κ3) is 4.12. The third-order valence-electron chi connectivity index (χ3n) is 4.56. The summed E-state index contributed by atoms with van der Waals surface area (Å²) >= 11 is 1.38. The van der Waals surface area contributed by atoms with Gasteiger partial charge in [0.2, 0.25) is 5.91 Å². The molecule has 1 fully saturated rings. The molecule has 24 heavy (non-hydrogen) atoms. The average molecular weight is 344 g/mol. The van der Waals surface area contributed by atoms with E-state index in [4.69, 9.17) is 5.84 Å². The fourth-order valence-corrected chi connectivity index (χ4v) is 3.85. The molecule has 0 spiro atoms. The van der Waals surface area contributed by atoms with Gasteiger partial charge >= 0.3 is 0 Å². The minimum atomic E-state index is 0.0583. The number of nitrogens with one attached hydrogen (secondary N) is 1. The van der Waals surface area contributed by atoms with Crippen LogP contribution in [0.2, 0.25) is 0 Å². The predicted molar refractivity (Wildman–Crippen MR) is 98.1 cm³/mol. The molecular weight excluding hydrogens is 320 g/mol. The summed E-state index contributed by atoms with van der Waals surface area (Å²) in [5.74, 6) is 6.93. The smallest absolute Gasteiger partial charge is 0.230 e. The Kier molecular flexibility index (Phi) is 5.45. The number of rotatable bonds is 5. The standard InChI is InChI=1S/C18H24N4OS/c1-13-7-5-6-10-15(13)20-17(23)12-24-18-21-16(11-22(18)19)14-8-3-2-4-9-14/h2-4,8-9,11,13,15H,5-7,10,12,19H2,1H3,(H,20,23). The highest BCUT2D eigenvalue weighted by atomic mass is 32.2. The van der Waals surface area contributed by atoms with Gasteiger partial charge in [-0.05, 0) is 18.8 Å². The van der Waals surface area contributed by atoms with Crippen molar-refractivity contribution in [3.63, 3.8) is 0 Å². The SMILES string of the molecule is CC1CCCCC1NC(=O)CSc1nc(-c2ccccc2)cn1N. The zero-order chi connectivity index (χ0) is 16.9. The van der Waals surface area contributed by atoms with Crippen LogP contribution in [0.15, 0.2) is 41.7 Å². The van der Waals surface area contributed by atoms with E-state index in [0.29, 0.717) is 22.9 Å². The molecule has 2 aromatic rings. The maximum Gasteiger partial charge on any atom is 0.230 e. The Balaban J connectivity index is 1.56. The Morgan fingerprint density at radius 3 is 2.83 bits per heavy atom. The number of nitrogens with two attached hydrogens (primary N) is 1. The highest BCUT2D eigenvalue weighted by Gasteiger charge is 2.23. The van der Waals surface area contributed by atoms with Crippen molar-refractivity contribution in [1.82, 2.24) is 15.0 Å². The lowest BCUT2D eigenvalue weighted by Gasteiger charge is -2.29. The number of nitrogen functional groups attached to an aromatic ring is 1. The van der Waals surface area contributed by atoms with Gasteiger partial charge in [-0.1, -0.05) is 61.9 Å². The maximum absolute atomic E-state index is 12.2. The van der Waals surface area contributed by atoms with Crippen molar-refractivity contribution in [2.45, 2.75) is 43.8 Å². The largest absolute Gasteiger partial charge is 0.352 e. The Morgan fingerprint density at radius 2 is 2.08 bits per heavy atom. The van der Waals surface area contributed by atoms with Crippen molar-refractivity contribution in [1.29, 1.82) is 0 Å². The number of hydrogen-bond donors (Lipinski definition) is 2. The van der Waals surface area contributed by atoms with Crippen LogP contribution in [-0.2, 0) is 4.79 Å². The fraction of sp³-hybridized carbons (Fsp3) is 0.444. The van der Waals surface area contributed by atoms with Gasteiger partial charge in [0.15, 0.2) is 5.16 Å². The summed E-state index contributed by atoms with van der Waals surface area (Å²) in [6.45, 7) is 2.22. The number of hydrogen-bond acceptors (Lipinski definition) is 4. The fourth-order valence-electron chi connectivity index (χ4n) is 3.14. The Labute approximate surface area is 147 Å². The second kappa shape index (κ2) is 7.75. The molecule has 2 atom stereocenters. The van der Waals surface area contributed by atoms with Crippen LogP contribution >= 0.6 is 11.8 Å². The van der Waals surface area contributed by atoms with Crippen LogP contribution in [0.1, 0.15) is 32.6 Å². The molecule has 0 bridgehead atoms. The van der Waals surface area contributed by atoms with Crippen molar-refractivity contribution in [3.05, 3.63) is 36.5 Å². The lowest BCUT2D eigenvalue weighted by atomic mass is 9.86. The van der Waals surface area contributed by atoms with Gasteiger partial charge in [-0.3, -0.25) is 4.79 Å². The molecule has 1 aromatic carbocycles. The number of amides is 1. The molecule has 1 aliphatic rings. The predicted octanol–water partition coefficient (Wildman–Crippen LogP) is 3.05. The molecule has 3 N–H and O–H groups in total. The van der Waals surface area contributed by atoms with Gasteiger partial charge in [-0.2, -0.15) is 0 Å². The summed E-state index contributed by atoms with van der Waals surface area (Å²) in [5, 5.41) is 3.81. The number of thioether (sulfide) groups is 1. The molecule has 0 saturated heterocycles. The van der Waals surface area contributed by atoms with Crippen molar-refractivity contribution in [2.75, 3.05) is 11.6 Å². The summed E-state index contributed by atoms with van der Waals surface area (Å²) in [4.78, 5) is 16.7. The Hall–Kier alpha value is -1.95. The van der Waals surface area contributed by atoms with E-state index in [0.717, 1.165) is 17.7 Å². The van der Waals surface area contributed by atoms with Gasteiger partial charge in [0, 0.05) is 11.6 Å². The molecule has 1 aromatic heterocycles. The van der Waals surface area contributed by atoms with Crippen molar-refractivity contribution in [3.8, 4) is 11.3 Å². The zero-order valence-corrected chi connectivity index (χ0v) is 14.8. The van der Waals surface area contributed by atoms with E-state index in [1.54, 1.807) is 6.20 Å². The zero-order valence-electron chi connectivity index (χ0n) is 13.9. The van der Waals surface area contributed by atoms with Gasteiger partial charge in [-0.25, -0.2) is 9.66 Å². The molecule has 0 radical (unpaired) electrons. The van der Waals surface area contributed by atoms with Crippen molar-refractivity contribution in [2.24, 2.45) is 5.92 Å². The van der Waals surface area contributed by atoms with Gasteiger partial charge in [0.05, 0.1) is 17.6 Å². The first kappa shape index (κ1) is 16.9. The Morgan fingerprint density at radius 1 is 1.33 bits per heavy atom. The lowest BCUT2D eigenvalue weighted by Crippen LogP contribution is -2.41. The first-order valence-corrected chi connectivity index (χ1v) is 9.44. The maximum atomic E-state index is 12.2. The van der Waals surface area contributed by atoms with Gasteiger partial charge in [0.25, 0.3) is 0 Å². The highest BCUT2D eigenvalue weighted by Crippen LogP contribution is 2.25. The summed E-state index contributed by atoms with van der Waals surface area (Å²) in [6, 6.07) is 10.2. The number of benzene rings is 1. The normalized spacial score (nSPS) is 20.7. The highest BCUT2D eigenvalue weighted by molar-refractivity contribution is 7.99. The van der Waals surface area contributed by atoms with E-state index in [2.05, 4.69) is 17.2 Å². The van der Waals surface area contributed by atoms with E-state index in [-0.39, 0.29) is 5.91 Å². The summed E-state index contributed by atoms with van der Waals surface area (Å²) in [7, 11) is 0. The quantitative estimate of drug-likeness (QED) is 0.646. The van der Waals surface area contributed by atoms with Crippen LogP contribution < -0.4 is 11.2 Å². The molecule has 1 saturated carbocycles. The van der Waals surface area contributed by atoms with Crippen LogP contribution in [-0.4, -0.2) is 27.4 Å². The first-order chi connectivity index (χ1) is 11.6. The van der Waals surface area contributed by atoms with Gasteiger partial charge < -0.3 is 11.2 Å². The molecule has 3 rings (SSSR count). The molecule has 5 nitrogen and oxygen atoms in total. The van der Waals surface area contributed by atoms with Crippen LogP contribution in [0.5, 0.6) is 0 Å². The Bertz CT molecular complexity index is 686. The average Bonchev–Trinajstić information content (AvgIpc) is 2.97. The first-order valence-electron chi connectivity index (χ1n) is 8.45. The minimum Gasteiger partial charge on any atom is -0.352 e. The lowest BCUT2D eigenvalue weighted by molar-refractivity contribution is -0.119. The number of imidazole rings is 1.